The first kappa shape index (κ1) is 11.7. The lowest BCUT2D eigenvalue weighted by Gasteiger charge is -2.26. The first-order chi connectivity index (χ1) is 7.84. The fourth-order valence-electron chi connectivity index (χ4n) is 2.16. The van der Waals surface area contributed by atoms with Crippen molar-refractivity contribution in [1.82, 2.24) is 10.2 Å². The fraction of sp³-hybridized carbons (Fsp3) is 0.909. The number of rotatable bonds is 3. The summed E-state index contributed by atoms with van der Waals surface area (Å²) in [6.45, 7) is 3.52. The van der Waals surface area contributed by atoms with Crippen LogP contribution in [0.15, 0.2) is 0 Å². The smallest absolute Gasteiger partial charge is 0.408 e. The van der Waals surface area contributed by atoms with E-state index in [1.165, 1.54) is 12.8 Å². The molecule has 1 N–H and O–H groups in total. The Kier molecular flexibility index (Phi) is 4.42. The minimum Gasteiger partial charge on any atom is -0.433 e. The molecule has 1 heterocycles. The Hall–Kier alpha value is -0.810. The van der Waals surface area contributed by atoms with Crippen molar-refractivity contribution in [1.29, 1.82) is 0 Å². The molecule has 2 rings (SSSR count). The quantitative estimate of drug-likeness (QED) is 0.781. The summed E-state index contributed by atoms with van der Waals surface area (Å²) >= 11 is 0. The zero-order valence-electron chi connectivity index (χ0n) is 9.61. The average Bonchev–Trinajstić information content (AvgIpc) is 2.81. The molecule has 5 heteroatoms. The molecule has 5 nitrogen and oxygen atoms in total. The molecule has 2 aliphatic rings. The third-order valence-electron chi connectivity index (χ3n) is 3.16. The van der Waals surface area contributed by atoms with Gasteiger partial charge in [-0.25, -0.2) is 4.79 Å². The molecule has 0 atom stereocenters. The Bertz CT molecular complexity index is 223. The van der Waals surface area contributed by atoms with Crippen molar-refractivity contribution >= 4 is 6.09 Å². The number of amides is 1. The van der Waals surface area contributed by atoms with E-state index in [9.17, 15) is 4.79 Å². The van der Waals surface area contributed by atoms with Gasteiger partial charge in [-0.1, -0.05) is 12.8 Å². The molecule has 2 fully saturated rings. The summed E-state index contributed by atoms with van der Waals surface area (Å²) < 4.78 is 10.4. The van der Waals surface area contributed by atoms with E-state index in [-0.39, 0.29) is 6.09 Å². The van der Waals surface area contributed by atoms with Gasteiger partial charge in [0.1, 0.15) is 6.73 Å². The zero-order chi connectivity index (χ0) is 11.2. The van der Waals surface area contributed by atoms with Crippen LogP contribution in [0.1, 0.15) is 25.7 Å². The third kappa shape index (κ3) is 3.64. The van der Waals surface area contributed by atoms with Crippen LogP contribution in [0.5, 0.6) is 0 Å². The van der Waals surface area contributed by atoms with E-state index in [0.717, 1.165) is 39.1 Å². The van der Waals surface area contributed by atoms with Crippen LogP contribution in [0.25, 0.3) is 0 Å². The molecule has 92 valence electrons. The molecule has 0 aromatic heterocycles. The molecule has 1 amide bonds. The van der Waals surface area contributed by atoms with Gasteiger partial charge in [0, 0.05) is 19.1 Å². The maximum absolute atomic E-state index is 11.5. The van der Waals surface area contributed by atoms with Gasteiger partial charge in [-0.05, 0) is 12.8 Å². The average molecular weight is 228 g/mol. The number of morpholine rings is 1. The van der Waals surface area contributed by atoms with E-state index >= 15 is 0 Å². The van der Waals surface area contributed by atoms with Crippen molar-refractivity contribution in [3.8, 4) is 0 Å². The van der Waals surface area contributed by atoms with Crippen LogP contribution in [-0.2, 0) is 9.47 Å². The van der Waals surface area contributed by atoms with Gasteiger partial charge in [0.25, 0.3) is 0 Å². The van der Waals surface area contributed by atoms with Crippen molar-refractivity contribution < 1.29 is 14.3 Å². The van der Waals surface area contributed by atoms with Crippen LogP contribution in [0.3, 0.4) is 0 Å². The molecule has 0 aromatic rings. The highest BCUT2D eigenvalue weighted by molar-refractivity contribution is 5.67. The summed E-state index contributed by atoms with van der Waals surface area (Å²) in [4.78, 5) is 13.5. The second-order valence-corrected chi connectivity index (χ2v) is 4.42. The number of carbonyl (C=O) groups excluding carboxylic acids is 1. The Balaban J connectivity index is 1.59. The highest BCUT2D eigenvalue weighted by atomic mass is 16.6. The lowest BCUT2D eigenvalue weighted by Crippen LogP contribution is -2.41. The molecule has 1 saturated heterocycles. The topological polar surface area (TPSA) is 50.8 Å². The van der Waals surface area contributed by atoms with Gasteiger partial charge in [-0.2, -0.15) is 0 Å². The summed E-state index contributed by atoms with van der Waals surface area (Å²) in [7, 11) is 0. The van der Waals surface area contributed by atoms with Crippen molar-refractivity contribution in [2.45, 2.75) is 31.7 Å². The third-order valence-corrected chi connectivity index (χ3v) is 3.16. The van der Waals surface area contributed by atoms with Gasteiger partial charge >= 0.3 is 6.09 Å². The number of nitrogens with zero attached hydrogens (tertiary/aromatic N) is 1. The normalized spacial score (nSPS) is 23.2. The maximum Gasteiger partial charge on any atom is 0.408 e. The van der Waals surface area contributed by atoms with Crippen LogP contribution in [0.4, 0.5) is 4.79 Å². The molecular formula is C11H20N2O3. The molecule has 1 aliphatic heterocycles. The van der Waals surface area contributed by atoms with Gasteiger partial charge in [-0.3, -0.25) is 4.90 Å². The molecule has 0 bridgehead atoms. The number of hydrogen-bond donors (Lipinski definition) is 1. The van der Waals surface area contributed by atoms with Gasteiger partial charge in [0.15, 0.2) is 0 Å². The van der Waals surface area contributed by atoms with Crippen LogP contribution in [-0.4, -0.2) is 50.1 Å². The van der Waals surface area contributed by atoms with Gasteiger partial charge in [0.2, 0.25) is 0 Å². The van der Waals surface area contributed by atoms with Crippen molar-refractivity contribution in [3.63, 3.8) is 0 Å². The molecule has 0 radical (unpaired) electrons. The number of hydrogen-bond acceptors (Lipinski definition) is 4. The fourth-order valence-corrected chi connectivity index (χ4v) is 2.16. The van der Waals surface area contributed by atoms with Crippen molar-refractivity contribution in [2.24, 2.45) is 0 Å². The minimum atomic E-state index is -0.279. The summed E-state index contributed by atoms with van der Waals surface area (Å²) in [6, 6.07) is 0.331. The molecule has 0 aromatic carbocycles. The minimum absolute atomic E-state index is 0.279. The SMILES string of the molecule is O=C(NC1CCCC1)OCN1CCOCC1. The largest absolute Gasteiger partial charge is 0.433 e. The lowest BCUT2D eigenvalue weighted by atomic mass is 10.3. The van der Waals surface area contributed by atoms with E-state index in [0.29, 0.717) is 12.8 Å². The summed E-state index contributed by atoms with van der Waals surface area (Å²) in [6.07, 6.45) is 4.33. The van der Waals surface area contributed by atoms with E-state index in [4.69, 9.17) is 9.47 Å². The summed E-state index contributed by atoms with van der Waals surface area (Å²) in [5.74, 6) is 0. The number of ether oxygens (including phenoxy) is 2. The van der Waals surface area contributed by atoms with Crippen molar-refractivity contribution in [3.05, 3.63) is 0 Å². The van der Waals surface area contributed by atoms with E-state index < -0.39 is 0 Å². The van der Waals surface area contributed by atoms with Gasteiger partial charge < -0.3 is 14.8 Å². The van der Waals surface area contributed by atoms with Crippen LogP contribution in [0.2, 0.25) is 0 Å². The molecule has 1 saturated carbocycles. The van der Waals surface area contributed by atoms with Crippen LogP contribution >= 0.6 is 0 Å². The Morgan fingerprint density at radius 1 is 1.31 bits per heavy atom. The number of carbonyl (C=O) groups is 1. The molecular weight excluding hydrogens is 208 g/mol. The number of nitrogens with one attached hydrogen (secondary N) is 1. The Morgan fingerprint density at radius 3 is 2.69 bits per heavy atom. The Morgan fingerprint density at radius 2 is 2.00 bits per heavy atom. The van der Waals surface area contributed by atoms with Gasteiger partial charge in [-0.15, -0.1) is 0 Å². The Labute approximate surface area is 96.1 Å². The predicted molar refractivity (Wildman–Crippen MR) is 59.1 cm³/mol. The van der Waals surface area contributed by atoms with E-state index in [1.807, 2.05) is 0 Å². The molecule has 1 aliphatic carbocycles. The number of alkyl carbamates (subject to hydrolysis) is 1. The monoisotopic (exact) mass is 228 g/mol. The zero-order valence-corrected chi connectivity index (χ0v) is 9.61. The first-order valence-electron chi connectivity index (χ1n) is 6.08. The van der Waals surface area contributed by atoms with Gasteiger partial charge in [0.05, 0.1) is 13.2 Å². The van der Waals surface area contributed by atoms with E-state index in [2.05, 4.69) is 10.2 Å². The van der Waals surface area contributed by atoms with E-state index in [1.54, 1.807) is 0 Å². The summed E-state index contributed by atoms with van der Waals surface area (Å²) in [5.41, 5.74) is 0. The lowest BCUT2D eigenvalue weighted by molar-refractivity contribution is -0.0105. The second-order valence-electron chi connectivity index (χ2n) is 4.42. The standard InChI is InChI=1S/C11H20N2O3/c14-11(12-10-3-1-2-4-10)16-9-13-5-7-15-8-6-13/h10H,1-9H2,(H,12,14). The molecule has 0 spiro atoms. The maximum atomic E-state index is 11.5. The summed E-state index contributed by atoms with van der Waals surface area (Å²) in [5, 5.41) is 2.90. The highest BCUT2D eigenvalue weighted by Gasteiger charge is 2.18. The van der Waals surface area contributed by atoms with Crippen LogP contribution in [0, 0.1) is 0 Å². The van der Waals surface area contributed by atoms with Crippen molar-refractivity contribution in [2.75, 3.05) is 33.0 Å². The molecule has 16 heavy (non-hydrogen) atoms. The molecule has 0 unspecified atom stereocenters. The van der Waals surface area contributed by atoms with Crippen LogP contribution < -0.4 is 5.32 Å². The first-order valence-corrected chi connectivity index (χ1v) is 6.08. The highest BCUT2D eigenvalue weighted by Crippen LogP contribution is 2.17. The second kappa shape index (κ2) is 6.06. The predicted octanol–water partition coefficient (Wildman–Crippen LogP) is 0.945.